The van der Waals surface area contributed by atoms with Crippen LogP contribution in [0.5, 0.6) is 0 Å². The third kappa shape index (κ3) is 5.56. The van der Waals surface area contributed by atoms with Crippen molar-refractivity contribution < 1.29 is 0 Å². The molecule has 0 nitrogen and oxygen atoms in total. The normalized spacial score (nSPS) is 8.50. The van der Waals surface area contributed by atoms with Gasteiger partial charge in [0.25, 0.3) is 0 Å². The van der Waals surface area contributed by atoms with Gasteiger partial charge >= 0.3 is 0 Å². The maximum absolute atomic E-state index is 5.03. The smallest absolute Gasteiger partial charge is 0.0117 e. The molecule has 0 amide bonds. The Balaban J connectivity index is 2.65. The van der Waals surface area contributed by atoms with Gasteiger partial charge in [-0.15, -0.1) is 12.3 Å². The summed E-state index contributed by atoms with van der Waals surface area (Å²) in [5.74, 6) is 2.57. The molecule has 0 rings (SSSR count). The predicted octanol–water partition coefficient (Wildman–Crippen LogP) is 2.40. The van der Waals surface area contributed by atoms with Crippen molar-refractivity contribution in [3.8, 4) is 12.3 Å². The molecule has 8 heavy (non-hydrogen) atoms. The predicted molar refractivity (Wildman–Crippen MR) is 37.3 cm³/mol. The molecule has 0 aliphatic heterocycles. The molecule has 0 unspecified atom stereocenters. The average molecular weight is 109 g/mol. The lowest BCUT2D eigenvalue weighted by Crippen LogP contribution is -1.73. The second-order valence-corrected chi connectivity index (χ2v) is 1.84. The first-order chi connectivity index (χ1) is 3.91. The van der Waals surface area contributed by atoms with Gasteiger partial charge in [-0.2, -0.15) is 0 Å². The van der Waals surface area contributed by atoms with E-state index >= 15 is 0 Å². The summed E-state index contributed by atoms with van der Waals surface area (Å²) in [6.07, 6.45) is 11.7. The minimum absolute atomic E-state index is 0.833. The van der Waals surface area contributed by atoms with Crippen LogP contribution in [0.1, 0.15) is 32.6 Å². The Kier molecular flexibility index (Phi) is 6.20. The molecule has 0 spiro atoms. The van der Waals surface area contributed by atoms with Crippen LogP contribution < -0.4 is 0 Å². The van der Waals surface area contributed by atoms with Crippen LogP contribution in [-0.4, -0.2) is 0 Å². The van der Waals surface area contributed by atoms with Gasteiger partial charge in [0.1, 0.15) is 0 Å². The van der Waals surface area contributed by atoms with E-state index in [1.54, 1.807) is 0 Å². The number of hydrogen-bond donors (Lipinski definition) is 0. The highest BCUT2D eigenvalue weighted by molar-refractivity contribution is 4.89. The summed E-state index contributed by atoms with van der Waals surface area (Å²) in [5, 5.41) is 0. The average Bonchev–Trinajstić information content (AvgIpc) is 1.81. The van der Waals surface area contributed by atoms with Crippen LogP contribution in [0, 0.1) is 18.8 Å². The monoisotopic (exact) mass is 109 g/mol. The van der Waals surface area contributed by atoms with E-state index in [4.69, 9.17) is 6.42 Å². The molecular formula is C8H13. The molecule has 0 saturated carbocycles. The lowest BCUT2D eigenvalue weighted by atomic mass is 10.2. The maximum Gasteiger partial charge on any atom is 0.0117 e. The van der Waals surface area contributed by atoms with E-state index in [2.05, 4.69) is 19.3 Å². The van der Waals surface area contributed by atoms with E-state index in [1.807, 2.05) is 0 Å². The minimum atomic E-state index is 0.833. The molecule has 0 N–H and O–H groups in total. The van der Waals surface area contributed by atoms with Crippen LogP contribution >= 0.6 is 0 Å². The minimum Gasteiger partial charge on any atom is -0.120 e. The molecule has 0 aromatic rings. The molecule has 0 aromatic carbocycles. The molecule has 0 fully saturated rings. The molecular weight excluding hydrogens is 96.1 g/mol. The van der Waals surface area contributed by atoms with E-state index in [0.717, 1.165) is 6.42 Å². The quantitative estimate of drug-likeness (QED) is 0.384. The first-order valence-electron chi connectivity index (χ1n) is 3.17. The fourth-order valence-corrected chi connectivity index (χ4v) is 0.534. The zero-order valence-corrected chi connectivity index (χ0v) is 5.48. The zero-order valence-electron chi connectivity index (χ0n) is 5.48. The molecule has 0 heterocycles. The highest BCUT2D eigenvalue weighted by Crippen LogP contribution is 1.98. The van der Waals surface area contributed by atoms with Crippen LogP contribution in [0.3, 0.4) is 0 Å². The van der Waals surface area contributed by atoms with Crippen LogP contribution in [0.15, 0.2) is 0 Å². The summed E-state index contributed by atoms with van der Waals surface area (Å²) in [4.78, 5) is 0. The van der Waals surface area contributed by atoms with Gasteiger partial charge < -0.3 is 0 Å². The molecule has 0 saturated heterocycles. The summed E-state index contributed by atoms with van der Waals surface area (Å²) in [5.41, 5.74) is 0. The van der Waals surface area contributed by atoms with Crippen LogP contribution in [-0.2, 0) is 0 Å². The number of hydrogen-bond acceptors (Lipinski definition) is 0. The number of terminal acetylenes is 1. The summed E-state index contributed by atoms with van der Waals surface area (Å²) in [7, 11) is 0. The Bertz CT molecular complexity index is 66.6. The molecule has 0 atom stereocenters. The van der Waals surface area contributed by atoms with Gasteiger partial charge in [0.2, 0.25) is 0 Å². The Morgan fingerprint density at radius 3 is 2.88 bits per heavy atom. The maximum atomic E-state index is 5.03. The molecule has 45 valence electrons. The van der Waals surface area contributed by atoms with Crippen molar-refractivity contribution in [2.24, 2.45) is 0 Å². The van der Waals surface area contributed by atoms with Gasteiger partial charge in [-0.3, -0.25) is 0 Å². The third-order valence-electron chi connectivity index (χ3n) is 1.02. The van der Waals surface area contributed by atoms with Crippen LogP contribution in [0.4, 0.5) is 0 Å². The second kappa shape index (κ2) is 6.56. The largest absolute Gasteiger partial charge is 0.120 e. The molecule has 0 aliphatic rings. The van der Waals surface area contributed by atoms with E-state index in [9.17, 15) is 0 Å². The highest BCUT2D eigenvalue weighted by atomic mass is 13.9. The van der Waals surface area contributed by atoms with Crippen LogP contribution in [0.2, 0.25) is 0 Å². The van der Waals surface area contributed by atoms with Gasteiger partial charge in [0, 0.05) is 6.42 Å². The lowest BCUT2D eigenvalue weighted by molar-refractivity contribution is 0.774. The zero-order chi connectivity index (χ0) is 6.24. The topological polar surface area (TPSA) is 0 Å². The highest BCUT2D eigenvalue weighted by Gasteiger charge is 1.82. The first-order valence-corrected chi connectivity index (χ1v) is 3.17. The summed E-state index contributed by atoms with van der Waals surface area (Å²) < 4.78 is 0. The number of unbranched alkanes of at least 4 members (excludes halogenated alkanes) is 4. The Morgan fingerprint density at radius 2 is 2.38 bits per heavy atom. The number of rotatable bonds is 4. The van der Waals surface area contributed by atoms with Crippen molar-refractivity contribution in [3.63, 3.8) is 0 Å². The van der Waals surface area contributed by atoms with Gasteiger partial charge in [0.15, 0.2) is 0 Å². The molecule has 0 aromatic heterocycles. The summed E-state index contributed by atoms with van der Waals surface area (Å²) >= 11 is 0. The fourth-order valence-electron chi connectivity index (χ4n) is 0.534. The second-order valence-electron chi connectivity index (χ2n) is 1.84. The Morgan fingerprint density at radius 1 is 1.62 bits per heavy atom. The van der Waals surface area contributed by atoms with Gasteiger partial charge in [0.05, 0.1) is 0 Å². The lowest BCUT2D eigenvalue weighted by Gasteiger charge is -1.90. The molecule has 0 bridgehead atoms. The first kappa shape index (κ1) is 7.56. The van der Waals surface area contributed by atoms with Crippen molar-refractivity contribution in [3.05, 3.63) is 6.42 Å². The summed E-state index contributed by atoms with van der Waals surface area (Å²) in [6, 6.07) is 0. The third-order valence-corrected chi connectivity index (χ3v) is 1.02. The van der Waals surface area contributed by atoms with Gasteiger partial charge in [-0.05, 0) is 12.8 Å². The van der Waals surface area contributed by atoms with Gasteiger partial charge in [-0.1, -0.05) is 19.8 Å². The van der Waals surface area contributed by atoms with Crippen molar-refractivity contribution in [1.29, 1.82) is 0 Å². The molecule has 0 aliphatic carbocycles. The van der Waals surface area contributed by atoms with E-state index in [0.29, 0.717) is 0 Å². The van der Waals surface area contributed by atoms with Crippen molar-refractivity contribution in [1.82, 2.24) is 0 Å². The fraction of sp³-hybridized carbons (Fsp3) is 0.625. The Labute approximate surface area is 52.3 Å². The van der Waals surface area contributed by atoms with E-state index in [1.165, 1.54) is 19.3 Å². The van der Waals surface area contributed by atoms with Crippen molar-refractivity contribution in [2.75, 3.05) is 0 Å². The van der Waals surface area contributed by atoms with Crippen molar-refractivity contribution >= 4 is 0 Å². The van der Waals surface area contributed by atoms with E-state index in [-0.39, 0.29) is 0 Å². The van der Waals surface area contributed by atoms with E-state index < -0.39 is 0 Å². The molecule has 1 radical (unpaired) electrons. The van der Waals surface area contributed by atoms with Crippen LogP contribution in [0.25, 0.3) is 0 Å². The molecule has 0 heteroatoms. The van der Waals surface area contributed by atoms with Crippen molar-refractivity contribution in [2.45, 2.75) is 32.6 Å². The standard InChI is InChI=1S/C8H13/c1-3-5-7-8-6-4-2/h1,7H,4-6,8H2,2H3. The van der Waals surface area contributed by atoms with Gasteiger partial charge in [-0.25, -0.2) is 0 Å². The SMILES string of the molecule is C#CC[CH]CCCC. The summed E-state index contributed by atoms with van der Waals surface area (Å²) in [6.45, 7) is 2.18. The Hall–Kier alpha value is -0.440.